The molecule has 1 rings (SSSR count). The molecule has 1 atom stereocenters. The number of benzene rings is 1. The summed E-state index contributed by atoms with van der Waals surface area (Å²) in [5.41, 5.74) is -1.34. The van der Waals surface area contributed by atoms with E-state index >= 15 is 0 Å². The summed E-state index contributed by atoms with van der Waals surface area (Å²) in [5.74, 6) is -2.18. The zero-order chi connectivity index (χ0) is 16.0. The molecular formula is C12H10N4O5. The van der Waals surface area contributed by atoms with Crippen molar-refractivity contribution >= 4 is 17.3 Å². The minimum atomic E-state index is -1.44. The molecule has 0 unspecified atom stereocenters. The SMILES string of the molecule is C=CCNC(=O)[C@@H](C#N)c1ccc([N+](=O)[O-])cc1[N+](=O)[O-]. The highest BCUT2D eigenvalue weighted by atomic mass is 16.6. The molecule has 9 nitrogen and oxygen atoms in total. The number of hydrogen-bond acceptors (Lipinski definition) is 6. The van der Waals surface area contributed by atoms with Crippen LogP contribution in [0.5, 0.6) is 0 Å². The molecule has 1 aromatic rings. The summed E-state index contributed by atoms with van der Waals surface area (Å²) in [7, 11) is 0. The number of nitriles is 1. The van der Waals surface area contributed by atoms with Crippen molar-refractivity contribution in [2.75, 3.05) is 6.54 Å². The van der Waals surface area contributed by atoms with Crippen LogP contribution in [0, 0.1) is 31.6 Å². The summed E-state index contributed by atoms with van der Waals surface area (Å²) in [6.45, 7) is 3.48. The van der Waals surface area contributed by atoms with Crippen LogP contribution in [0.25, 0.3) is 0 Å². The van der Waals surface area contributed by atoms with Crippen molar-refractivity contribution in [3.8, 4) is 6.07 Å². The van der Waals surface area contributed by atoms with Crippen molar-refractivity contribution in [3.63, 3.8) is 0 Å². The van der Waals surface area contributed by atoms with Crippen LogP contribution < -0.4 is 5.32 Å². The van der Waals surface area contributed by atoms with Gasteiger partial charge in [-0.25, -0.2) is 0 Å². The standard InChI is InChI=1S/C12H10N4O5/c1-2-5-14-12(17)10(7-13)9-4-3-8(15(18)19)6-11(9)16(20)21/h2-4,6,10H,1,5H2,(H,14,17)/t10-/m0/s1. The molecule has 108 valence electrons. The molecule has 1 N–H and O–H groups in total. The number of nitrogens with zero attached hydrogens (tertiary/aromatic N) is 3. The van der Waals surface area contributed by atoms with Crippen LogP contribution in [0.4, 0.5) is 11.4 Å². The molecule has 1 amide bonds. The molecule has 1 aromatic carbocycles. The topological polar surface area (TPSA) is 139 Å². The van der Waals surface area contributed by atoms with E-state index in [0.717, 1.165) is 18.2 Å². The first-order valence-corrected chi connectivity index (χ1v) is 5.63. The Hall–Kier alpha value is -3.28. The fraction of sp³-hybridized carbons (Fsp3) is 0.167. The zero-order valence-corrected chi connectivity index (χ0v) is 10.7. The van der Waals surface area contributed by atoms with Gasteiger partial charge in [0.25, 0.3) is 11.4 Å². The molecule has 0 fully saturated rings. The van der Waals surface area contributed by atoms with Gasteiger partial charge in [-0.05, 0) is 6.07 Å². The van der Waals surface area contributed by atoms with Gasteiger partial charge in [0.15, 0.2) is 5.92 Å². The molecule has 0 radical (unpaired) electrons. The van der Waals surface area contributed by atoms with E-state index in [2.05, 4.69) is 11.9 Å². The quantitative estimate of drug-likeness (QED) is 0.477. The predicted molar refractivity (Wildman–Crippen MR) is 71.3 cm³/mol. The number of nitro groups is 2. The molecule has 0 aliphatic rings. The van der Waals surface area contributed by atoms with Crippen molar-refractivity contribution in [3.05, 3.63) is 56.6 Å². The number of hydrogen-bond donors (Lipinski definition) is 1. The first kappa shape index (κ1) is 15.8. The van der Waals surface area contributed by atoms with Crippen LogP contribution in [0.15, 0.2) is 30.9 Å². The summed E-state index contributed by atoms with van der Waals surface area (Å²) in [6, 6.07) is 4.42. The number of rotatable bonds is 6. The second-order valence-corrected chi connectivity index (χ2v) is 3.85. The third kappa shape index (κ3) is 3.60. The lowest BCUT2D eigenvalue weighted by Crippen LogP contribution is -2.29. The smallest absolute Gasteiger partial charge is 0.281 e. The summed E-state index contributed by atoms with van der Waals surface area (Å²) in [6.07, 6.45) is 1.39. The summed E-state index contributed by atoms with van der Waals surface area (Å²) in [4.78, 5) is 31.7. The van der Waals surface area contributed by atoms with E-state index in [1.165, 1.54) is 6.08 Å². The van der Waals surface area contributed by atoms with Crippen molar-refractivity contribution in [2.45, 2.75) is 5.92 Å². The van der Waals surface area contributed by atoms with Gasteiger partial charge in [0.05, 0.1) is 27.5 Å². The Labute approximate surface area is 118 Å². The summed E-state index contributed by atoms with van der Waals surface area (Å²) in [5, 5.41) is 33.0. The third-order valence-corrected chi connectivity index (χ3v) is 2.54. The number of nitro benzene ring substituents is 2. The van der Waals surface area contributed by atoms with Gasteiger partial charge in [0.1, 0.15) is 0 Å². The van der Waals surface area contributed by atoms with Crippen LogP contribution in [0.3, 0.4) is 0 Å². The molecule has 0 heterocycles. The molecule has 21 heavy (non-hydrogen) atoms. The molecule has 0 aromatic heterocycles. The van der Waals surface area contributed by atoms with Gasteiger partial charge in [-0.3, -0.25) is 25.0 Å². The lowest BCUT2D eigenvalue weighted by Gasteiger charge is -2.09. The first-order chi connectivity index (χ1) is 9.92. The highest BCUT2D eigenvalue weighted by Crippen LogP contribution is 2.30. The van der Waals surface area contributed by atoms with Crippen LogP contribution >= 0.6 is 0 Å². The molecule has 0 aliphatic carbocycles. The average Bonchev–Trinajstić information content (AvgIpc) is 2.45. The lowest BCUT2D eigenvalue weighted by molar-refractivity contribution is -0.394. The molecule has 9 heteroatoms. The molecule has 0 bridgehead atoms. The van der Waals surface area contributed by atoms with Gasteiger partial charge in [-0.15, -0.1) is 6.58 Å². The maximum atomic E-state index is 11.8. The van der Waals surface area contributed by atoms with Crippen LogP contribution in [0.2, 0.25) is 0 Å². The van der Waals surface area contributed by atoms with Crippen LogP contribution in [-0.4, -0.2) is 22.3 Å². The highest BCUT2D eigenvalue weighted by Gasteiger charge is 2.29. The lowest BCUT2D eigenvalue weighted by atomic mass is 9.97. The van der Waals surface area contributed by atoms with Crippen molar-refractivity contribution < 1.29 is 14.6 Å². The van der Waals surface area contributed by atoms with E-state index in [1.807, 2.05) is 0 Å². The van der Waals surface area contributed by atoms with E-state index in [4.69, 9.17) is 5.26 Å². The first-order valence-electron chi connectivity index (χ1n) is 5.63. The third-order valence-electron chi connectivity index (χ3n) is 2.54. The monoisotopic (exact) mass is 290 g/mol. The minimum Gasteiger partial charge on any atom is -0.351 e. The van der Waals surface area contributed by atoms with E-state index in [1.54, 1.807) is 6.07 Å². The largest absolute Gasteiger partial charge is 0.351 e. The fourth-order valence-corrected chi connectivity index (χ4v) is 1.59. The average molecular weight is 290 g/mol. The van der Waals surface area contributed by atoms with E-state index in [-0.39, 0.29) is 12.1 Å². The van der Waals surface area contributed by atoms with Crippen molar-refractivity contribution in [2.24, 2.45) is 0 Å². The Kier molecular flexibility index (Phi) is 5.08. The summed E-state index contributed by atoms with van der Waals surface area (Å²) >= 11 is 0. The van der Waals surface area contributed by atoms with Crippen molar-refractivity contribution in [1.29, 1.82) is 5.26 Å². The summed E-state index contributed by atoms with van der Waals surface area (Å²) < 4.78 is 0. The fourth-order valence-electron chi connectivity index (χ4n) is 1.59. The molecule has 0 saturated heterocycles. The Morgan fingerprint density at radius 3 is 2.57 bits per heavy atom. The normalized spacial score (nSPS) is 11.0. The number of carbonyl (C=O) groups is 1. The van der Waals surface area contributed by atoms with Crippen LogP contribution in [0.1, 0.15) is 11.5 Å². The molecule has 0 aliphatic heterocycles. The number of nitrogens with one attached hydrogen (secondary N) is 1. The van der Waals surface area contributed by atoms with Gasteiger partial charge >= 0.3 is 0 Å². The zero-order valence-electron chi connectivity index (χ0n) is 10.7. The second kappa shape index (κ2) is 6.76. The predicted octanol–water partition coefficient (Wildman–Crippen LogP) is 1.41. The molecule has 0 saturated carbocycles. The van der Waals surface area contributed by atoms with Gasteiger partial charge in [-0.1, -0.05) is 6.08 Å². The minimum absolute atomic E-state index is 0.0950. The van der Waals surface area contributed by atoms with Gasteiger partial charge in [0, 0.05) is 12.6 Å². The number of carbonyl (C=O) groups excluding carboxylic acids is 1. The Morgan fingerprint density at radius 2 is 2.10 bits per heavy atom. The Bertz CT molecular complexity index is 650. The van der Waals surface area contributed by atoms with Gasteiger partial charge < -0.3 is 5.32 Å². The second-order valence-electron chi connectivity index (χ2n) is 3.85. The number of amides is 1. The Morgan fingerprint density at radius 1 is 1.43 bits per heavy atom. The van der Waals surface area contributed by atoms with Crippen LogP contribution in [-0.2, 0) is 4.79 Å². The van der Waals surface area contributed by atoms with E-state index < -0.39 is 33.0 Å². The maximum Gasteiger partial charge on any atom is 0.281 e. The Balaban J connectivity index is 3.29. The molecule has 0 spiro atoms. The van der Waals surface area contributed by atoms with E-state index in [0.29, 0.717) is 0 Å². The van der Waals surface area contributed by atoms with Crippen molar-refractivity contribution in [1.82, 2.24) is 5.32 Å². The molecular weight excluding hydrogens is 280 g/mol. The van der Waals surface area contributed by atoms with Gasteiger partial charge in [0.2, 0.25) is 5.91 Å². The van der Waals surface area contributed by atoms with E-state index in [9.17, 15) is 25.0 Å². The highest BCUT2D eigenvalue weighted by molar-refractivity contribution is 5.87. The maximum absolute atomic E-state index is 11.8. The van der Waals surface area contributed by atoms with Gasteiger partial charge in [-0.2, -0.15) is 5.26 Å². The number of non-ortho nitro benzene ring substituents is 1.